The second-order valence-electron chi connectivity index (χ2n) is 6.50. The van der Waals surface area contributed by atoms with Gasteiger partial charge in [-0.3, -0.25) is 4.79 Å². The highest BCUT2D eigenvalue weighted by Gasteiger charge is 2.32. The molecule has 120 valence electrons. The van der Waals surface area contributed by atoms with Gasteiger partial charge in [0.25, 0.3) is 0 Å². The van der Waals surface area contributed by atoms with Gasteiger partial charge in [0.1, 0.15) is 5.75 Å². The Balaban J connectivity index is 1.55. The van der Waals surface area contributed by atoms with Gasteiger partial charge in [0.15, 0.2) is 0 Å². The average molecular weight is 302 g/mol. The minimum Gasteiger partial charge on any atom is -0.497 e. The van der Waals surface area contributed by atoms with Gasteiger partial charge < -0.3 is 15.0 Å². The second kappa shape index (κ2) is 7.14. The predicted molar refractivity (Wildman–Crippen MR) is 86.8 cm³/mol. The van der Waals surface area contributed by atoms with Crippen molar-refractivity contribution in [3.8, 4) is 5.75 Å². The largest absolute Gasteiger partial charge is 0.497 e. The van der Waals surface area contributed by atoms with E-state index in [1.165, 1.54) is 12.0 Å². The van der Waals surface area contributed by atoms with E-state index in [9.17, 15) is 4.79 Å². The molecule has 1 heterocycles. The molecule has 1 aromatic rings. The van der Waals surface area contributed by atoms with Gasteiger partial charge in [0, 0.05) is 19.0 Å². The normalized spacial score (nSPS) is 20.9. The van der Waals surface area contributed by atoms with Crippen LogP contribution in [0.5, 0.6) is 5.75 Å². The lowest BCUT2D eigenvalue weighted by atomic mass is 10.0. The molecule has 0 bridgehead atoms. The van der Waals surface area contributed by atoms with Crippen molar-refractivity contribution in [2.75, 3.05) is 20.2 Å². The van der Waals surface area contributed by atoms with Gasteiger partial charge in [0.05, 0.1) is 7.11 Å². The molecule has 1 aliphatic carbocycles. The summed E-state index contributed by atoms with van der Waals surface area (Å²) in [6.07, 6.45) is 5.26. The first-order valence-electron chi connectivity index (χ1n) is 8.39. The maximum absolute atomic E-state index is 12.6. The molecule has 1 aliphatic heterocycles. The summed E-state index contributed by atoms with van der Waals surface area (Å²) in [7, 11) is 1.67. The number of carbonyl (C=O) groups excluding carboxylic acids is 1. The standard InChI is InChI=1S/C18H26N2O2/c1-22-17-7-2-15(3-8-17)13-20(16-5-6-16)18(21)9-4-14-10-11-19-12-14/h2-3,7-8,14,16,19H,4-6,9-13H2,1H3. The molecule has 1 unspecified atom stereocenters. The number of nitrogens with one attached hydrogen (secondary N) is 1. The Bertz CT molecular complexity index is 490. The Hall–Kier alpha value is -1.55. The zero-order chi connectivity index (χ0) is 15.4. The molecule has 1 N–H and O–H groups in total. The van der Waals surface area contributed by atoms with Crippen molar-refractivity contribution in [1.29, 1.82) is 0 Å². The van der Waals surface area contributed by atoms with E-state index in [0.717, 1.165) is 44.6 Å². The summed E-state index contributed by atoms with van der Waals surface area (Å²) in [5, 5.41) is 3.37. The molecule has 0 radical (unpaired) electrons. The number of amides is 1. The third-order valence-electron chi connectivity index (χ3n) is 4.75. The van der Waals surface area contributed by atoms with Crippen LogP contribution in [0.1, 0.15) is 37.7 Å². The number of rotatable bonds is 7. The SMILES string of the molecule is COc1ccc(CN(C(=O)CCC2CCNC2)C2CC2)cc1. The van der Waals surface area contributed by atoms with E-state index in [2.05, 4.69) is 22.3 Å². The number of hydrogen-bond acceptors (Lipinski definition) is 3. The van der Waals surface area contributed by atoms with Crippen LogP contribution in [0, 0.1) is 5.92 Å². The zero-order valence-electron chi connectivity index (χ0n) is 13.4. The third-order valence-corrected chi connectivity index (χ3v) is 4.75. The van der Waals surface area contributed by atoms with Crippen molar-refractivity contribution in [3.05, 3.63) is 29.8 Å². The summed E-state index contributed by atoms with van der Waals surface area (Å²) in [6, 6.07) is 8.52. The van der Waals surface area contributed by atoms with E-state index in [-0.39, 0.29) is 0 Å². The monoisotopic (exact) mass is 302 g/mol. The zero-order valence-corrected chi connectivity index (χ0v) is 13.4. The van der Waals surface area contributed by atoms with Gasteiger partial charge in [-0.1, -0.05) is 12.1 Å². The average Bonchev–Trinajstić information content (AvgIpc) is 3.26. The summed E-state index contributed by atoms with van der Waals surface area (Å²) in [6.45, 7) is 2.92. The minimum absolute atomic E-state index is 0.324. The Morgan fingerprint density at radius 1 is 1.27 bits per heavy atom. The number of methoxy groups -OCH3 is 1. The first-order chi connectivity index (χ1) is 10.8. The van der Waals surface area contributed by atoms with Gasteiger partial charge in [-0.05, 0) is 62.4 Å². The first kappa shape index (κ1) is 15.3. The quantitative estimate of drug-likeness (QED) is 0.841. The Kier molecular flexibility index (Phi) is 4.98. The highest BCUT2D eigenvalue weighted by atomic mass is 16.5. The third kappa shape index (κ3) is 4.01. The molecule has 2 fully saturated rings. The van der Waals surface area contributed by atoms with Crippen LogP contribution in [0.2, 0.25) is 0 Å². The van der Waals surface area contributed by atoms with Crippen LogP contribution < -0.4 is 10.1 Å². The fourth-order valence-corrected chi connectivity index (χ4v) is 3.17. The summed E-state index contributed by atoms with van der Waals surface area (Å²) in [5.41, 5.74) is 1.18. The Morgan fingerprint density at radius 3 is 2.64 bits per heavy atom. The van der Waals surface area contributed by atoms with Crippen LogP contribution in [0.25, 0.3) is 0 Å². The molecule has 1 saturated heterocycles. The molecule has 3 rings (SSSR count). The van der Waals surface area contributed by atoms with Gasteiger partial charge in [-0.2, -0.15) is 0 Å². The van der Waals surface area contributed by atoms with Gasteiger partial charge >= 0.3 is 0 Å². The van der Waals surface area contributed by atoms with Crippen molar-refractivity contribution in [1.82, 2.24) is 10.2 Å². The van der Waals surface area contributed by atoms with Crippen molar-refractivity contribution in [2.24, 2.45) is 5.92 Å². The number of carbonyl (C=O) groups is 1. The fraction of sp³-hybridized carbons (Fsp3) is 0.611. The van der Waals surface area contributed by atoms with E-state index in [0.29, 0.717) is 24.3 Å². The Labute approximate surface area is 132 Å². The summed E-state index contributed by atoms with van der Waals surface area (Å²) < 4.78 is 5.19. The number of nitrogens with zero attached hydrogens (tertiary/aromatic N) is 1. The van der Waals surface area contributed by atoms with E-state index in [1.807, 2.05) is 12.1 Å². The topological polar surface area (TPSA) is 41.6 Å². The maximum atomic E-state index is 12.6. The molecule has 22 heavy (non-hydrogen) atoms. The molecule has 2 aliphatic rings. The van der Waals surface area contributed by atoms with Gasteiger partial charge in [-0.15, -0.1) is 0 Å². The van der Waals surface area contributed by atoms with Gasteiger partial charge in [-0.25, -0.2) is 0 Å². The fourth-order valence-electron chi connectivity index (χ4n) is 3.17. The molecule has 1 saturated carbocycles. The molecule has 0 spiro atoms. The molecule has 4 nitrogen and oxygen atoms in total. The molecule has 0 aromatic heterocycles. The summed E-state index contributed by atoms with van der Waals surface area (Å²) in [4.78, 5) is 14.7. The maximum Gasteiger partial charge on any atom is 0.223 e. The predicted octanol–water partition coefficient (Wildman–Crippen LogP) is 2.58. The lowest BCUT2D eigenvalue weighted by Gasteiger charge is -2.23. The summed E-state index contributed by atoms with van der Waals surface area (Å²) in [5.74, 6) is 1.87. The molecule has 4 heteroatoms. The number of hydrogen-bond donors (Lipinski definition) is 1. The number of ether oxygens (including phenoxy) is 1. The van der Waals surface area contributed by atoms with Crippen LogP contribution in [0.4, 0.5) is 0 Å². The van der Waals surface area contributed by atoms with Crippen LogP contribution >= 0.6 is 0 Å². The summed E-state index contributed by atoms with van der Waals surface area (Å²) >= 11 is 0. The lowest BCUT2D eigenvalue weighted by Crippen LogP contribution is -2.32. The molecule has 1 amide bonds. The van der Waals surface area contributed by atoms with Crippen molar-refractivity contribution < 1.29 is 9.53 Å². The molecular formula is C18H26N2O2. The molecular weight excluding hydrogens is 276 g/mol. The van der Waals surface area contributed by atoms with Crippen molar-refractivity contribution in [3.63, 3.8) is 0 Å². The van der Waals surface area contributed by atoms with Gasteiger partial charge in [0.2, 0.25) is 5.91 Å². The van der Waals surface area contributed by atoms with Crippen molar-refractivity contribution >= 4 is 5.91 Å². The minimum atomic E-state index is 0.324. The van der Waals surface area contributed by atoms with Crippen LogP contribution in [0.3, 0.4) is 0 Å². The first-order valence-corrected chi connectivity index (χ1v) is 8.39. The van der Waals surface area contributed by atoms with E-state index < -0.39 is 0 Å². The highest BCUT2D eigenvalue weighted by Crippen LogP contribution is 2.30. The lowest BCUT2D eigenvalue weighted by molar-refractivity contribution is -0.132. The van der Waals surface area contributed by atoms with Crippen LogP contribution in [-0.4, -0.2) is 37.0 Å². The van der Waals surface area contributed by atoms with Crippen molar-refractivity contribution in [2.45, 2.75) is 44.7 Å². The Morgan fingerprint density at radius 2 is 2.05 bits per heavy atom. The second-order valence-corrected chi connectivity index (χ2v) is 6.50. The highest BCUT2D eigenvalue weighted by molar-refractivity contribution is 5.76. The van der Waals surface area contributed by atoms with E-state index >= 15 is 0 Å². The smallest absolute Gasteiger partial charge is 0.223 e. The van der Waals surface area contributed by atoms with E-state index in [4.69, 9.17) is 4.74 Å². The molecule has 1 aromatic carbocycles. The molecule has 1 atom stereocenters. The number of benzene rings is 1. The van der Waals surface area contributed by atoms with Crippen LogP contribution in [0.15, 0.2) is 24.3 Å². The van der Waals surface area contributed by atoms with E-state index in [1.54, 1.807) is 7.11 Å². The van der Waals surface area contributed by atoms with Crippen LogP contribution in [-0.2, 0) is 11.3 Å².